The van der Waals surface area contributed by atoms with Gasteiger partial charge in [0.2, 0.25) is 0 Å². The molecular formula is C10H16N2O. The molecule has 0 aromatic carbocycles. The Bertz CT molecular complexity index is 282. The summed E-state index contributed by atoms with van der Waals surface area (Å²) in [4.78, 5) is 0. The van der Waals surface area contributed by atoms with Crippen LogP contribution in [0.15, 0.2) is 12.3 Å². The first kappa shape index (κ1) is 8.75. The van der Waals surface area contributed by atoms with Crippen molar-refractivity contribution in [2.24, 2.45) is 0 Å². The van der Waals surface area contributed by atoms with Crippen molar-refractivity contribution in [1.29, 1.82) is 0 Å². The smallest absolute Gasteiger partial charge is 0.0624 e. The zero-order valence-electron chi connectivity index (χ0n) is 7.98. The molecule has 0 spiro atoms. The highest BCUT2D eigenvalue weighted by Gasteiger charge is 2.32. The summed E-state index contributed by atoms with van der Waals surface area (Å²) in [5.41, 5.74) is 1.21. The van der Waals surface area contributed by atoms with Gasteiger partial charge < -0.3 is 5.11 Å². The summed E-state index contributed by atoms with van der Waals surface area (Å²) in [7, 11) is 0. The minimum atomic E-state index is -0.132. The van der Waals surface area contributed by atoms with Gasteiger partial charge in [0.05, 0.1) is 6.10 Å². The Kier molecular flexibility index (Phi) is 2.36. The van der Waals surface area contributed by atoms with Gasteiger partial charge >= 0.3 is 0 Å². The third-order valence-electron chi connectivity index (χ3n) is 2.80. The first-order chi connectivity index (χ1) is 6.33. The highest BCUT2D eigenvalue weighted by atomic mass is 16.3. The van der Waals surface area contributed by atoms with Crippen molar-refractivity contribution in [3.05, 3.63) is 18.0 Å². The van der Waals surface area contributed by atoms with Crippen LogP contribution < -0.4 is 0 Å². The summed E-state index contributed by atoms with van der Waals surface area (Å²) in [5.74, 6) is 0.342. The predicted molar refractivity (Wildman–Crippen MR) is 50.5 cm³/mol. The van der Waals surface area contributed by atoms with Crippen LogP contribution in [0.1, 0.15) is 37.8 Å². The molecule has 13 heavy (non-hydrogen) atoms. The Balaban J connectivity index is 2.14. The van der Waals surface area contributed by atoms with E-state index >= 15 is 0 Å². The molecule has 1 aromatic heterocycles. The van der Waals surface area contributed by atoms with Crippen molar-refractivity contribution < 1.29 is 5.11 Å². The lowest BCUT2D eigenvalue weighted by Crippen LogP contribution is -2.30. The van der Waals surface area contributed by atoms with Gasteiger partial charge in [0.15, 0.2) is 0 Å². The van der Waals surface area contributed by atoms with Crippen molar-refractivity contribution in [2.75, 3.05) is 0 Å². The fraction of sp³-hybridized carbons (Fsp3) is 0.700. The van der Waals surface area contributed by atoms with E-state index in [0.29, 0.717) is 5.92 Å². The molecule has 3 heteroatoms. The second-order valence-electron chi connectivity index (χ2n) is 3.73. The summed E-state index contributed by atoms with van der Waals surface area (Å²) in [5, 5.41) is 13.8. The second-order valence-corrected chi connectivity index (χ2v) is 3.73. The predicted octanol–water partition coefficient (Wildman–Crippen LogP) is 1.53. The van der Waals surface area contributed by atoms with Crippen LogP contribution >= 0.6 is 0 Å². The van der Waals surface area contributed by atoms with Crippen LogP contribution in [-0.4, -0.2) is 21.0 Å². The summed E-state index contributed by atoms with van der Waals surface area (Å²) in [6.07, 6.45) is 4.85. The van der Waals surface area contributed by atoms with E-state index in [4.69, 9.17) is 0 Å². The number of aliphatic hydroxyl groups is 1. The lowest BCUT2D eigenvalue weighted by molar-refractivity contribution is 0.0619. The number of aryl methyl sites for hydroxylation is 1. The number of nitrogens with zero attached hydrogens (tertiary/aromatic N) is 2. The summed E-state index contributed by atoms with van der Waals surface area (Å²) < 4.78 is 2.02. The van der Waals surface area contributed by atoms with E-state index in [1.165, 1.54) is 5.69 Å². The van der Waals surface area contributed by atoms with E-state index in [9.17, 15) is 5.11 Å². The van der Waals surface area contributed by atoms with Gasteiger partial charge in [0, 0.05) is 24.4 Å². The van der Waals surface area contributed by atoms with Gasteiger partial charge in [-0.25, -0.2) is 0 Å². The maximum atomic E-state index is 9.53. The van der Waals surface area contributed by atoms with Crippen molar-refractivity contribution >= 4 is 0 Å². The standard InChI is InChI=1S/C10H16N2O/c1-2-7-12-9(5-6-11-12)8-3-4-10(8)13/h5-6,8,10,13H,2-4,7H2,1H3. The highest BCUT2D eigenvalue weighted by molar-refractivity contribution is 5.13. The van der Waals surface area contributed by atoms with Gasteiger partial charge in [-0.1, -0.05) is 6.92 Å². The van der Waals surface area contributed by atoms with Gasteiger partial charge in [-0.05, 0) is 25.3 Å². The quantitative estimate of drug-likeness (QED) is 0.766. The molecular weight excluding hydrogens is 164 g/mol. The first-order valence-electron chi connectivity index (χ1n) is 5.02. The monoisotopic (exact) mass is 180 g/mol. The van der Waals surface area contributed by atoms with Crippen molar-refractivity contribution in [3.8, 4) is 0 Å². The minimum absolute atomic E-state index is 0.132. The van der Waals surface area contributed by atoms with E-state index in [1.807, 2.05) is 16.9 Å². The lowest BCUT2D eigenvalue weighted by Gasteiger charge is -2.32. The molecule has 0 amide bonds. The van der Waals surface area contributed by atoms with E-state index in [1.54, 1.807) is 0 Å². The zero-order valence-corrected chi connectivity index (χ0v) is 7.98. The van der Waals surface area contributed by atoms with Gasteiger partial charge in [0.25, 0.3) is 0 Å². The Hall–Kier alpha value is -0.830. The van der Waals surface area contributed by atoms with E-state index in [0.717, 1.165) is 25.8 Å². The Morgan fingerprint density at radius 2 is 2.46 bits per heavy atom. The van der Waals surface area contributed by atoms with Crippen LogP contribution in [0, 0.1) is 0 Å². The first-order valence-corrected chi connectivity index (χ1v) is 5.02. The molecule has 0 bridgehead atoms. The van der Waals surface area contributed by atoms with Gasteiger partial charge in [-0.2, -0.15) is 5.10 Å². The molecule has 2 atom stereocenters. The van der Waals surface area contributed by atoms with Gasteiger partial charge in [-0.15, -0.1) is 0 Å². The molecule has 1 saturated carbocycles. The van der Waals surface area contributed by atoms with Crippen LogP contribution in [0.2, 0.25) is 0 Å². The molecule has 72 valence electrons. The molecule has 3 nitrogen and oxygen atoms in total. The fourth-order valence-electron chi connectivity index (χ4n) is 1.88. The Morgan fingerprint density at radius 1 is 1.62 bits per heavy atom. The number of hydrogen-bond acceptors (Lipinski definition) is 2. The lowest BCUT2D eigenvalue weighted by atomic mass is 9.79. The summed E-state index contributed by atoms with van der Waals surface area (Å²) in [6, 6.07) is 2.03. The zero-order chi connectivity index (χ0) is 9.26. The fourth-order valence-corrected chi connectivity index (χ4v) is 1.88. The number of rotatable bonds is 3. The van der Waals surface area contributed by atoms with Crippen LogP contribution in [0.5, 0.6) is 0 Å². The summed E-state index contributed by atoms with van der Waals surface area (Å²) in [6.45, 7) is 3.11. The molecule has 2 rings (SSSR count). The average Bonchev–Trinajstić information content (AvgIpc) is 2.52. The second kappa shape index (κ2) is 3.50. The molecule has 1 aliphatic carbocycles. The topological polar surface area (TPSA) is 38.0 Å². The SMILES string of the molecule is CCCn1nccc1C1CCC1O. The minimum Gasteiger partial charge on any atom is -0.392 e. The molecule has 1 aromatic rings. The third-order valence-corrected chi connectivity index (χ3v) is 2.80. The normalized spacial score (nSPS) is 27.2. The van der Waals surface area contributed by atoms with Crippen LogP contribution in [0.4, 0.5) is 0 Å². The van der Waals surface area contributed by atoms with Gasteiger partial charge in [-0.3, -0.25) is 4.68 Å². The molecule has 1 heterocycles. The van der Waals surface area contributed by atoms with Crippen molar-refractivity contribution in [2.45, 2.75) is 44.8 Å². The van der Waals surface area contributed by atoms with E-state index in [2.05, 4.69) is 12.0 Å². The van der Waals surface area contributed by atoms with E-state index in [-0.39, 0.29) is 6.10 Å². The highest BCUT2D eigenvalue weighted by Crippen LogP contribution is 2.36. The Morgan fingerprint density at radius 3 is 3.00 bits per heavy atom. The molecule has 1 fully saturated rings. The van der Waals surface area contributed by atoms with Crippen LogP contribution in [-0.2, 0) is 6.54 Å². The molecule has 1 aliphatic rings. The molecule has 1 N–H and O–H groups in total. The molecule has 0 saturated heterocycles. The van der Waals surface area contributed by atoms with Crippen LogP contribution in [0.25, 0.3) is 0 Å². The van der Waals surface area contributed by atoms with E-state index < -0.39 is 0 Å². The largest absolute Gasteiger partial charge is 0.392 e. The van der Waals surface area contributed by atoms with Crippen LogP contribution in [0.3, 0.4) is 0 Å². The number of aromatic nitrogens is 2. The summed E-state index contributed by atoms with van der Waals surface area (Å²) >= 11 is 0. The average molecular weight is 180 g/mol. The number of aliphatic hydroxyl groups excluding tert-OH is 1. The van der Waals surface area contributed by atoms with Gasteiger partial charge in [0.1, 0.15) is 0 Å². The molecule has 0 radical (unpaired) electrons. The molecule has 0 aliphatic heterocycles. The number of hydrogen-bond donors (Lipinski definition) is 1. The van der Waals surface area contributed by atoms with Crippen molar-refractivity contribution in [3.63, 3.8) is 0 Å². The van der Waals surface area contributed by atoms with Crippen molar-refractivity contribution in [1.82, 2.24) is 9.78 Å². The maximum Gasteiger partial charge on any atom is 0.0624 e. The Labute approximate surface area is 78.4 Å². The maximum absolute atomic E-state index is 9.53. The molecule has 2 unspecified atom stereocenters. The third kappa shape index (κ3) is 1.48.